The summed E-state index contributed by atoms with van der Waals surface area (Å²) in [4.78, 5) is 5.26. The third-order valence-electron chi connectivity index (χ3n) is 5.94. The lowest BCUT2D eigenvalue weighted by molar-refractivity contribution is 0.120. The summed E-state index contributed by atoms with van der Waals surface area (Å²) in [6.07, 6.45) is 1.94. The summed E-state index contributed by atoms with van der Waals surface area (Å²) in [6, 6.07) is 7.00. The minimum Gasteiger partial charge on any atom is -0.495 e. The molecule has 0 saturated heterocycles. The van der Waals surface area contributed by atoms with Crippen LogP contribution in [0.2, 0.25) is 0 Å². The van der Waals surface area contributed by atoms with E-state index in [1.165, 1.54) is 18.4 Å². The van der Waals surface area contributed by atoms with Crippen LogP contribution in [-0.4, -0.2) is 47.4 Å². The van der Waals surface area contributed by atoms with Crippen molar-refractivity contribution in [2.75, 3.05) is 7.11 Å². The summed E-state index contributed by atoms with van der Waals surface area (Å²) in [6.45, 7) is 5.44. The quantitative estimate of drug-likeness (QED) is 0.544. The monoisotopic (exact) mass is 489 g/mol. The van der Waals surface area contributed by atoms with Crippen LogP contribution < -0.4 is 9.46 Å². The Balaban J connectivity index is 1.76. The van der Waals surface area contributed by atoms with Crippen molar-refractivity contribution >= 4 is 26.3 Å². The average molecular weight is 490 g/mol. The molecule has 0 radical (unpaired) electrons. The first kappa shape index (κ1) is 23.6. The van der Waals surface area contributed by atoms with E-state index in [0.717, 1.165) is 0 Å². The van der Waals surface area contributed by atoms with Crippen molar-refractivity contribution in [3.8, 4) is 23.1 Å². The number of fused-ring (bicyclic) bond motifs is 1. The largest absolute Gasteiger partial charge is 0.495 e. The number of rotatable bonds is 6. The van der Waals surface area contributed by atoms with Gasteiger partial charge in [0.2, 0.25) is 15.0 Å². The lowest BCUT2D eigenvalue weighted by atomic mass is 9.94. The van der Waals surface area contributed by atoms with E-state index in [0.29, 0.717) is 52.6 Å². The molecule has 1 aliphatic carbocycles. The Kier molecular flexibility index (Phi) is 6.22. The van der Waals surface area contributed by atoms with Gasteiger partial charge in [-0.25, -0.2) is 22.6 Å². The summed E-state index contributed by atoms with van der Waals surface area (Å²) in [5.74, 6) is 0.241. The number of hydrogen-bond donors (Lipinski definition) is 2. The van der Waals surface area contributed by atoms with Crippen LogP contribution in [0.3, 0.4) is 0 Å². The lowest BCUT2D eigenvalue weighted by Crippen LogP contribution is -2.38. The van der Waals surface area contributed by atoms with Crippen molar-refractivity contribution in [2.24, 2.45) is 0 Å². The second-order valence-corrected chi connectivity index (χ2v) is 11.5. The van der Waals surface area contributed by atoms with Gasteiger partial charge in [0, 0.05) is 11.6 Å². The molecule has 11 heteroatoms. The van der Waals surface area contributed by atoms with Gasteiger partial charge in [-0.05, 0) is 64.7 Å². The molecule has 2 N–H and O–H groups in total. The third-order valence-corrected chi connectivity index (χ3v) is 8.71. The second kappa shape index (κ2) is 8.68. The van der Waals surface area contributed by atoms with E-state index < -0.39 is 15.4 Å². The Morgan fingerprint density at radius 3 is 2.64 bits per heavy atom. The van der Waals surface area contributed by atoms with Crippen molar-refractivity contribution in [1.82, 2.24) is 19.3 Å². The number of nitriles is 1. The number of nitrogens with one attached hydrogen (secondary N) is 1. The maximum atomic E-state index is 13.3. The van der Waals surface area contributed by atoms with E-state index in [4.69, 9.17) is 4.74 Å². The Hall–Kier alpha value is -2.52. The molecule has 9 nitrogen and oxygen atoms in total. The number of aliphatic hydroxyl groups is 1. The summed E-state index contributed by atoms with van der Waals surface area (Å²) < 4.78 is 36.4. The fourth-order valence-corrected chi connectivity index (χ4v) is 6.49. The first-order valence-corrected chi connectivity index (χ1v) is 13.0. The van der Waals surface area contributed by atoms with Crippen LogP contribution in [-0.2, 0) is 15.4 Å². The predicted molar refractivity (Wildman–Crippen MR) is 125 cm³/mol. The lowest BCUT2D eigenvalue weighted by Gasteiger charge is -2.26. The third kappa shape index (κ3) is 4.48. The number of sulfonamides is 1. The van der Waals surface area contributed by atoms with Gasteiger partial charge in [-0.2, -0.15) is 10.4 Å². The highest BCUT2D eigenvalue weighted by molar-refractivity contribution is 7.89. The maximum absolute atomic E-state index is 13.3. The molecule has 33 heavy (non-hydrogen) atoms. The van der Waals surface area contributed by atoms with E-state index in [1.54, 1.807) is 36.6 Å². The molecule has 0 amide bonds. The van der Waals surface area contributed by atoms with Gasteiger partial charge in [0.25, 0.3) is 0 Å². The van der Waals surface area contributed by atoms with Crippen LogP contribution in [0, 0.1) is 18.3 Å². The van der Waals surface area contributed by atoms with Crippen LogP contribution in [0.25, 0.3) is 16.2 Å². The predicted octanol–water partition coefficient (Wildman–Crippen LogP) is 3.16. The smallest absolute Gasteiger partial charge is 0.244 e. The van der Waals surface area contributed by atoms with Crippen LogP contribution in [0.15, 0.2) is 23.1 Å². The van der Waals surface area contributed by atoms with Gasteiger partial charge >= 0.3 is 0 Å². The Morgan fingerprint density at radius 2 is 2.00 bits per heavy atom. The van der Waals surface area contributed by atoms with Gasteiger partial charge in [0.1, 0.15) is 21.1 Å². The molecule has 176 valence electrons. The fourth-order valence-electron chi connectivity index (χ4n) is 3.99. The van der Waals surface area contributed by atoms with Crippen molar-refractivity contribution in [3.05, 3.63) is 28.9 Å². The molecule has 0 unspecified atom stereocenters. The number of imidazole rings is 1. The number of methoxy groups -OCH3 is 1. The van der Waals surface area contributed by atoms with Crippen molar-refractivity contribution < 1.29 is 18.3 Å². The molecule has 0 spiro atoms. The number of ether oxygens (including phenoxy) is 1. The Bertz CT molecular complexity index is 1330. The van der Waals surface area contributed by atoms with Gasteiger partial charge in [-0.3, -0.25) is 0 Å². The van der Waals surface area contributed by atoms with Crippen molar-refractivity contribution in [3.63, 3.8) is 0 Å². The SMILES string of the molecule is COc1ccc(-c2c(C)nc3sc(C(C)(C)C#N)nn23)cc1S(=O)(=O)NC1CCC(O)CC1. The highest BCUT2D eigenvalue weighted by atomic mass is 32.2. The molecule has 2 aromatic heterocycles. The van der Waals surface area contributed by atoms with Gasteiger partial charge in [-0.15, -0.1) is 0 Å². The fraction of sp³-hybridized carbons (Fsp3) is 0.500. The normalized spacial score (nSPS) is 19.5. The zero-order chi connectivity index (χ0) is 24.0. The minimum absolute atomic E-state index is 0.0378. The summed E-state index contributed by atoms with van der Waals surface area (Å²) in [7, 11) is -2.43. The van der Waals surface area contributed by atoms with Gasteiger partial charge in [0.15, 0.2) is 0 Å². The van der Waals surface area contributed by atoms with Gasteiger partial charge < -0.3 is 9.84 Å². The molecule has 1 saturated carbocycles. The van der Waals surface area contributed by atoms with Gasteiger partial charge in [0.05, 0.1) is 30.7 Å². The van der Waals surface area contributed by atoms with E-state index in [1.807, 2.05) is 6.92 Å². The summed E-state index contributed by atoms with van der Waals surface area (Å²) in [5, 5.41) is 24.4. The molecule has 0 aliphatic heterocycles. The first-order chi connectivity index (χ1) is 15.6. The summed E-state index contributed by atoms with van der Waals surface area (Å²) in [5.41, 5.74) is 1.24. The molecule has 4 rings (SSSR count). The molecular formula is C22H27N5O4S2. The highest BCUT2D eigenvalue weighted by Gasteiger charge is 2.29. The number of aliphatic hydroxyl groups excluding tert-OH is 1. The van der Waals surface area contributed by atoms with Crippen LogP contribution >= 0.6 is 11.3 Å². The van der Waals surface area contributed by atoms with E-state index in [2.05, 4.69) is 20.9 Å². The van der Waals surface area contributed by atoms with Crippen molar-refractivity contribution in [2.45, 2.75) is 68.9 Å². The van der Waals surface area contributed by atoms with E-state index in [-0.39, 0.29) is 22.8 Å². The molecule has 0 bridgehead atoms. The maximum Gasteiger partial charge on any atom is 0.244 e. The van der Waals surface area contributed by atoms with Gasteiger partial charge in [-0.1, -0.05) is 11.3 Å². The van der Waals surface area contributed by atoms with E-state index in [9.17, 15) is 18.8 Å². The van der Waals surface area contributed by atoms with Crippen LogP contribution in [0.5, 0.6) is 5.75 Å². The molecular weight excluding hydrogens is 462 g/mol. The molecule has 0 atom stereocenters. The minimum atomic E-state index is -3.87. The zero-order valence-electron chi connectivity index (χ0n) is 19.0. The Morgan fingerprint density at radius 1 is 1.30 bits per heavy atom. The average Bonchev–Trinajstić information content (AvgIpc) is 3.32. The number of nitrogens with zero attached hydrogens (tertiary/aromatic N) is 4. The van der Waals surface area contributed by atoms with Crippen LogP contribution in [0.1, 0.15) is 50.2 Å². The number of benzene rings is 1. The standard InChI is InChI=1S/C22H27N5O4S2/c1-13-19(27-21(24-13)32-20(25-27)22(2,3)12-23)14-5-10-17(31-4)18(11-14)33(29,30)26-15-6-8-16(28)9-7-15/h5,10-11,15-16,26,28H,6-9H2,1-4H3. The zero-order valence-corrected chi connectivity index (χ0v) is 20.6. The van der Waals surface area contributed by atoms with Crippen molar-refractivity contribution in [1.29, 1.82) is 5.26 Å². The first-order valence-electron chi connectivity index (χ1n) is 10.7. The van der Waals surface area contributed by atoms with E-state index >= 15 is 0 Å². The van der Waals surface area contributed by atoms with Crippen LogP contribution in [0.4, 0.5) is 0 Å². The second-order valence-electron chi connectivity index (χ2n) is 8.88. The Labute approximate surface area is 197 Å². The highest BCUT2D eigenvalue weighted by Crippen LogP contribution is 2.35. The topological polar surface area (TPSA) is 130 Å². The number of aryl methyl sites for hydroxylation is 1. The molecule has 3 aromatic rings. The number of hydrogen-bond acceptors (Lipinski definition) is 8. The number of aromatic nitrogens is 3. The molecule has 1 fully saturated rings. The molecule has 1 aromatic carbocycles. The summed E-state index contributed by atoms with van der Waals surface area (Å²) >= 11 is 1.34. The molecule has 2 heterocycles. The molecule has 1 aliphatic rings.